The predicted octanol–water partition coefficient (Wildman–Crippen LogP) is -1.94. The molecule has 0 aromatic rings. The van der Waals surface area contributed by atoms with Crippen molar-refractivity contribution in [2.24, 2.45) is 23.3 Å². The molecule has 0 aromatic carbocycles. The normalized spacial score (nSPS) is 14.1. The van der Waals surface area contributed by atoms with E-state index in [1.165, 1.54) is 0 Å². The smallest absolute Gasteiger partial charge is 0.326 e. The number of carbonyl (C=O) groups is 5. The van der Waals surface area contributed by atoms with E-state index in [0.29, 0.717) is 0 Å². The molecule has 11 nitrogen and oxygen atoms in total. The Morgan fingerprint density at radius 2 is 1.32 bits per heavy atom. The zero-order chi connectivity index (χ0) is 22.0. The molecular formula is C17H31N5O6. The van der Waals surface area contributed by atoms with Crippen molar-refractivity contribution in [3.8, 4) is 0 Å². The van der Waals surface area contributed by atoms with E-state index in [-0.39, 0.29) is 31.2 Å². The lowest BCUT2D eigenvalue weighted by Gasteiger charge is -2.27. The van der Waals surface area contributed by atoms with Crippen LogP contribution >= 0.6 is 0 Å². The molecule has 0 saturated heterocycles. The SMILES string of the molecule is CC(C)C(NC(=O)CN)C(=O)NC(C(=O)NC(CCC(N)=O)C(=O)O)C(C)C. The number of nitrogens with one attached hydrogen (secondary N) is 3. The Kier molecular flexibility index (Phi) is 10.8. The molecule has 160 valence electrons. The molecule has 0 aromatic heterocycles. The van der Waals surface area contributed by atoms with Crippen LogP contribution in [0.25, 0.3) is 0 Å². The van der Waals surface area contributed by atoms with Crippen LogP contribution < -0.4 is 27.4 Å². The first-order valence-corrected chi connectivity index (χ1v) is 9.01. The van der Waals surface area contributed by atoms with Crippen molar-refractivity contribution in [2.45, 2.75) is 58.7 Å². The first kappa shape index (κ1) is 25.3. The number of nitrogens with two attached hydrogens (primary N) is 2. The zero-order valence-corrected chi connectivity index (χ0v) is 16.7. The van der Waals surface area contributed by atoms with Gasteiger partial charge in [0.2, 0.25) is 23.6 Å². The highest BCUT2D eigenvalue weighted by Gasteiger charge is 2.32. The lowest BCUT2D eigenvalue weighted by Crippen LogP contribution is -2.58. The molecule has 0 aliphatic carbocycles. The fourth-order valence-corrected chi connectivity index (χ4v) is 2.35. The van der Waals surface area contributed by atoms with E-state index in [1.807, 2.05) is 0 Å². The Bertz CT molecular complexity index is 593. The van der Waals surface area contributed by atoms with Crippen LogP contribution in [0.5, 0.6) is 0 Å². The maximum absolute atomic E-state index is 12.6. The second kappa shape index (κ2) is 11.9. The summed E-state index contributed by atoms with van der Waals surface area (Å²) in [5, 5.41) is 16.6. The van der Waals surface area contributed by atoms with Gasteiger partial charge in [0.05, 0.1) is 6.54 Å². The molecular weight excluding hydrogens is 370 g/mol. The minimum atomic E-state index is -1.32. The van der Waals surface area contributed by atoms with E-state index in [4.69, 9.17) is 11.5 Å². The average molecular weight is 401 g/mol. The molecule has 0 spiro atoms. The summed E-state index contributed by atoms with van der Waals surface area (Å²) < 4.78 is 0. The molecule has 0 saturated carbocycles. The topological polar surface area (TPSA) is 194 Å². The van der Waals surface area contributed by atoms with Gasteiger partial charge in [0.15, 0.2) is 0 Å². The minimum absolute atomic E-state index is 0.170. The Balaban J connectivity index is 5.23. The van der Waals surface area contributed by atoms with Crippen molar-refractivity contribution >= 4 is 29.6 Å². The first-order valence-electron chi connectivity index (χ1n) is 9.01. The third kappa shape index (κ3) is 8.80. The fourth-order valence-electron chi connectivity index (χ4n) is 2.35. The van der Waals surface area contributed by atoms with Gasteiger partial charge in [-0.3, -0.25) is 19.2 Å². The molecule has 0 aliphatic rings. The second-order valence-electron chi connectivity index (χ2n) is 7.13. The lowest BCUT2D eigenvalue weighted by atomic mass is 9.99. The largest absolute Gasteiger partial charge is 0.480 e. The van der Waals surface area contributed by atoms with E-state index in [0.717, 1.165) is 0 Å². The Labute approximate surface area is 164 Å². The molecule has 0 bridgehead atoms. The van der Waals surface area contributed by atoms with Crippen molar-refractivity contribution in [3.63, 3.8) is 0 Å². The number of primary amides is 1. The zero-order valence-electron chi connectivity index (χ0n) is 16.7. The Morgan fingerprint density at radius 1 is 0.857 bits per heavy atom. The van der Waals surface area contributed by atoms with Crippen LogP contribution in [0, 0.1) is 11.8 Å². The van der Waals surface area contributed by atoms with Gasteiger partial charge in [0.25, 0.3) is 0 Å². The number of carbonyl (C=O) groups excluding carboxylic acids is 4. The number of carboxylic acid groups (broad SMARTS) is 1. The van der Waals surface area contributed by atoms with Crippen LogP contribution in [-0.4, -0.2) is 59.4 Å². The maximum atomic E-state index is 12.6. The van der Waals surface area contributed by atoms with Crippen LogP contribution in [-0.2, 0) is 24.0 Å². The molecule has 28 heavy (non-hydrogen) atoms. The Hall–Kier alpha value is -2.69. The summed E-state index contributed by atoms with van der Waals surface area (Å²) in [7, 11) is 0. The number of rotatable bonds is 12. The van der Waals surface area contributed by atoms with E-state index < -0.39 is 47.7 Å². The number of hydrogen-bond donors (Lipinski definition) is 6. The third-order valence-corrected chi connectivity index (χ3v) is 3.99. The molecule has 0 rings (SSSR count). The summed E-state index contributed by atoms with van der Waals surface area (Å²) in [5.41, 5.74) is 10.3. The van der Waals surface area contributed by atoms with Crippen molar-refractivity contribution < 1.29 is 29.1 Å². The summed E-state index contributed by atoms with van der Waals surface area (Å²) in [4.78, 5) is 58.8. The van der Waals surface area contributed by atoms with Crippen molar-refractivity contribution in [1.82, 2.24) is 16.0 Å². The van der Waals surface area contributed by atoms with Gasteiger partial charge in [0.1, 0.15) is 18.1 Å². The lowest BCUT2D eigenvalue weighted by molar-refractivity contribution is -0.143. The summed E-state index contributed by atoms with van der Waals surface area (Å²) >= 11 is 0. The molecule has 11 heteroatoms. The Morgan fingerprint density at radius 3 is 1.71 bits per heavy atom. The number of carboxylic acids is 1. The van der Waals surface area contributed by atoms with Crippen LogP contribution in [0.15, 0.2) is 0 Å². The maximum Gasteiger partial charge on any atom is 0.326 e. The third-order valence-electron chi connectivity index (χ3n) is 3.99. The van der Waals surface area contributed by atoms with Crippen LogP contribution in [0.4, 0.5) is 0 Å². The summed E-state index contributed by atoms with van der Waals surface area (Å²) in [6.07, 6.45) is -0.382. The van der Waals surface area contributed by atoms with Gasteiger partial charge >= 0.3 is 5.97 Å². The van der Waals surface area contributed by atoms with E-state index in [1.54, 1.807) is 27.7 Å². The van der Waals surface area contributed by atoms with E-state index in [2.05, 4.69) is 16.0 Å². The highest BCUT2D eigenvalue weighted by Crippen LogP contribution is 2.08. The quantitative estimate of drug-likeness (QED) is 0.219. The molecule has 4 amide bonds. The van der Waals surface area contributed by atoms with Crippen LogP contribution in [0.3, 0.4) is 0 Å². The van der Waals surface area contributed by atoms with E-state index >= 15 is 0 Å². The molecule has 3 atom stereocenters. The molecule has 0 aliphatic heterocycles. The number of amides is 4. The van der Waals surface area contributed by atoms with Gasteiger partial charge in [-0.05, 0) is 18.3 Å². The van der Waals surface area contributed by atoms with E-state index in [9.17, 15) is 29.1 Å². The molecule has 0 radical (unpaired) electrons. The van der Waals surface area contributed by atoms with Crippen molar-refractivity contribution in [2.75, 3.05) is 6.54 Å². The van der Waals surface area contributed by atoms with Gasteiger partial charge in [-0.2, -0.15) is 0 Å². The van der Waals surface area contributed by atoms with Crippen LogP contribution in [0.2, 0.25) is 0 Å². The average Bonchev–Trinajstić information content (AvgIpc) is 2.59. The standard InChI is InChI=1S/C17H31N5O6/c1-8(2)13(21-12(24)7-18)16(26)22-14(9(3)4)15(25)20-10(17(27)28)5-6-11(19)23/h8-10,13-14H,5-7,18H2,1-4H3,(H2,19,23)(H,20,25)(H,21,24)(H,22,26)(H,27,28). The summed E-state index contributed by atoms with van der Waals surface area (Å²) in [6.45, 7) is 6.50. The molecule has 0 fully saturated rings. The van der Waals surface area contributed by atoms with Gasteiger partial charge in [-0.15, -0.1) is 0 Å². The summed E-state index contributed by atoms with van der Waals surface area (Å²) in [6, 6.07) is -3.27. The van der Waals surface area contributed by atoms with Crippen molar-refractivity contribution in [3.05, 3.63) is 0 Å². The highest BCUT2D eigenvalue weighted by molar-refractivity contribution is 5.94. The minimum Gasteiger partial charge on any atom is -0.480 e. The van der Waals surface area contributed by atoms with Gasteiger partial charge in [-0.1, -0.05) is 27.7 Å². The second-order valence-corrected chi connectivity index (χ2v) is 7.13. The predicted molar refractivity (Wildman–Crippen MR) is 101 cm³/mol. The molecule has 0 heterocycles. The highest BCUT2D eigenvalue weighted by atomic mass is 16.4. The van der Waals surface area contributed by atoms with Gasteiger partial charge in [0, 0.05) is 6.42 Å². The summed E-state index contributed by atoms with van der Waals surface area (Å²) in [5.74, 6) is -4.47. The molecule has 3 unspecified atom stereocenters. The van der Waals surface area contributed by atoms with Gasteiger partial charge < -0.3 is 32.5 Å². The monoisotopic (exact) mass is 401 g/mol. The molecule has 8 N–H and O–H groups in total. The van der Waals surface area contributed by atoms with Crippen molar-refractivity contribution in [1.29, 1.82) is 0 Å². The number of hydrogen-bond acceptors (Lipinski definition) is 6. The van der Waals surface area contributed by atoms with Gasteiger partial charge in [-0.25, -0.2) is 4.79 Å². The number of aliphatic carboxylic acids is 1. The first-order chi connectivity index (χ1) is 12.9. The fraction of sp³-hybridized carbons (Fsp3) is 0.706. The van der Waals surface area contributed by atoms with Crippen LogP contribution in [0.1, 0.15) is 40.5 Å².